The molecule has 0 aliphatic rings. The average Bonchev–Trinajstić information content (AvgIpc) is 3.36. The number of aliphatic hydroxyl groups is 4. The molecule has 440 valence electrons. The molecule has 0 saturated heterocycles. The highest BCUT2D eigenvalue weighted by Crippen LogP contribution is 2.14. The number of hydrogen-bond donors (Lipinski definition) is 16. The van der Waals surface area contributed by atoms with Crippen LogP contribution < -0.4 is 53.6 Å². The molecule has 0 aliphatic carbocycles. The maximum Gasteiger partial charge on any atom is 0.326 e. The first-order valence-electron chi connectivity index (χ1n) is 25.9. The van der Waals surface area contributed by atoms with Gasteiger partial charge in [0.2, 0.25) is 53.2 Å². The van der Waals surface area contributed by atoms with Crippen molar-refractivity contribution in [1.29, 1.82) is 0 Å². The normalized spacial score (nSPS) is 16.4. The molecule has 27 heteroatoms. The zero-order valence-electron chi connectivity index (χ0n) is 46.0. The third-order valence-corrected chi connectivity index (χ3v) is 12.4. The van der Waals surface area contributed by atoms with Gasteiger partial charge in [0.15, 0.2) is 0 Å². The molecule has 0 radical (unpaired) electrons. The second-order valence-electron chi connectivity index (χ2n) is 20.6. The van der Waals surface area contributed by atoms with Crippen molar-refractivity contribution >= 4 is 65.1 Å². The van der Waals surface area contributed by atoms with Crippen LogP contribution in [0.1, 0.15) is 107 Å². The Hall–Kier alpha value is -6.81. The zero-order valence-corrected chi connectivity index (χ0v) is 46.0. The Labute approximate surface area is 454 Å². The van der Waals surface area contributed by atoms with E-state index in [0.717, 1.165) is 0 Å². The van der Waals surface area contributed by atoms with Crippen LogP contribution in [0.5, 0.6) is 0 Å². The first-order chi connectivity index (χ1) is 36.4. The van der Waals surface area contributed by atoms with Crippen LogP contribution in [0.3, 0.4) is 0 Å². The Bertz CT molecular complexity index is 2180. The van der Waals surface area contributed by atoms with Crippen molar-refractivity contribution < 1.29 is 83.4 Å². The van der Waals surface area contributed by atoms with E-state index in [2.05, 4.69) is 47.9 Å². The lowest BCUT2D eigenvalue weighted by molar-refractivity contribution is -0.143. The van der Waals surface area contributed by atoms with Crippen molar-refractivity contribution in [1.82, 2.24) is 47.9 Å². The van der Waals surface area contributed by atoms with E-state index in [0.29, 0.717) is 5.56 Å². The van der Waals surface area contributed by atoms with Gasteiger partial charge in [-0.1, -0.05) is 92.1 Å². The topological polar surface area (TPSA) is 443 Å². The Balaban J connectivity index is 3.37. The molecule has 9 amide bonds. The van der Waals surface area contributed by atoms with E-state index in [1.54, 1.807) is 85.7 Å². The van der Waals surface area contributed by atoms with Crippen LogP contribution in [0, 0.1) is 23.7 Å². The number of rotatable bonds is 35. The molecule has 0 aromatic heterocycles. The van der Waals surface area contributed by atoms with Gasteiger partial charge in [-0.25, -0.2) is 4.79 Å². The summed E-state index contributed by atoms with van der Waals surface area (Å²) in [6.07, 6.45) is -3.82. The molecule has 17 N–H and O–H groups in total. The number of carbonyl (C=O) groups is 11. The number of carboxylic acids is 2. The quantitative estimate of drug-likeness (QED) is 0.0312. The van der Waals surface area contributed by atoms with E-state index in [1.165, 1.54) is 13.8 Å². The smallest absolute Gasteiger partial charge is 0.326 e. The van der Waals surface area contributed by atoms with E-state index in [1.807, 2.05) is 0 Å². The zero-order chi connectivity index (χ0) is 59.7. The molecule has 0 unspecified atom stereocenters. The minimum Gasteiger partial charge on any atom is -0.481 e. The van der Waals surface area contributed by atoms with Gasteiger partial charge in [0.25, 0.3) is 0 Å². The van der Waals surface area contributed by atoms with Gasteiger partial charge in [-0.05, 0) is 62.3 Å². The largest absolute Gasteiger partial charge is 0.481 e. The Kier molecular flexibility index (Phi) is 30.3. The van der Waals surface area contributed by atoms with Gasteiger partial charge >= 0.3 is 11.9 Å². The molecule has 0 heterocycles. The summed E-state index contributed by atoms with van der Waals surface area (Å²) < 4.78 is 0. The standard InChI is InChI=1S/C51H84N10O17/c1-11-27(8)39(59-46(72)36(23-63)57-43(69)32(19-24(2)3)53-49(75)40(28(9)64)60-42(68)31(52)17-18-37(66)67)48(74)58-38(26(6)7)47(73)61-41(29(10)65)50(76)54-33(21-30-15-13-12-14-16-30)44(70)56-35(22-62)45(71)55-34(51(77)78)20-25(4)5/h12-16,24-29,31-36,38-41,62-65H,11,17-23,52H2,1-10H3,(H,53,75)(H,54,76)(H,55,71)(H,56,70)(H,57,69)(H,58,74)(H,59,72)(H,60,68)(H,61,73)(H,66,67)(H,77,78)/t27-,28+,29+,31-,32-,33-,34-,35-,36-,38-,39-,40-,41-/m0/s1. The maximum atomic E-state index is 14.1. The molecule has 0 aliphatic heterocycles. The van der Waals surface area contributed by atoms with Crippen molar-refractivity contribution in [3.63, 3.8) is 0 Å². The summed E-state index contributed by atoms with van der Waals surface area (Å²) in [6.45, 7) is 13.7. The van der Waals surface area contributed by atoms with E-state index in [-0.39, 0.29) is 43.9 Å². The molecular weight excluding hydrogens is 1020 g/mol. The van der Waals surface area contributed by atoms with Gasteiger partial charge in [-0.15, -0.1) is 0 Å². The third kappa shape index (κ3) is 23.8. The molecule has 0 saturated carbocycles. The van der Waals surface area contributed by atoms with Gasteiger partial charge in [0.05, 0.1) is 31.5 Å². The number of aliphatic hydroxyl groups excluding tert-OH is 4. The van der Waals surface area contributed by atoms with E-state index >= 15 is 0 Å². The molecule has 1 aromatic carbocycles. The number of amides is 9. The van der Waals surface area contributed by atoms with Crippen LogP contribution in [-0.4, -0.2) is 182 Å². The molecule has 27 nitrogen and oxygen atoms in total. The lowest BCUT2D eigenvalue weighted by Gasteiger charge is -2.31. The van der Waals surface area contributed by atoms with E-state index in [9.17, 15) is 78.3 Å². The van der Waals surface area contributed by atoms with Crippen molar-refractivity contribution in [3.8, 4) is 0 Å². The highest BCUT2D eigenvalue weighted by atomic mass is 16.4. The molecule has 1 aromatic rings. The first-order valence-corrected chi connectivity index (χ1v) is 25.9. The summed E-state index contributed by atoms with van der Waals surface area (Å²) in [4.78, 5) is 145. The number of carboxylic acid groups (broad SMARTS) is 2. The van der Waals surface area contributed by atoms with Crippen LogP contribution >= 0.6 is 0 Å². The molecule has 78 heavy (non-hydrogen) atoms. The van der Waals surface area contributed by atoms with Gasteiger partial charge in [-0.3, -0.25) is 47.9 Å². The van der Waals surface area contributed by atoms with Crippen molar-refractivity contribution in [2.24, 2.45) is 29.4 Å². The number of carbonyl (C=O) groups excluding carboxylic acids is 9. The fraction of sp³-hybridized carbons (Fsp3) is 0.667. The minimum atomic E-state index is -1.78. The van der Waals surface area contributed by atoms with Crippen LogP contribution in [0.25, 0.3) is 0 Å². The number of hydrogen-bond acceptors (Lipinski definition) is 16. The van der Waals surface area contributed by atoms with Gasteiger partial charge in [0.1, 0.15) is 54.4 Å². The molecular formula is C51H84N10O17. The SMILES string of the molecule is CC[C@H](C)[C@H](NC(=O)[C@H](CO)NC(=O)[C@H](CC(C)C)NC(=O)[C@@H](NC(=O)[C@@H](N)CCC(=O)O)[C@@H](C)O)C(=O)N[C@H](C(=O)N[C@H](C(=O)N[C@@H](Cc1ccccc1)C(=O)N[C@@H](CO)C(=O)N[C@@H](CC(C)C)C(=O)O)[C@@H](C)O)C(C)C. The second-order valence-corrected chi connectivity index (χ2v) is 20.6. The highest BCUT2D eigenvalue weighted by Gasteiger charge is 2.38. The van der Waals surface area contributed by atoms with Crippen LogP contribution in [0.4, 0.5) is 0 Å². The summed E-state index contributed by atoms with van der Waals surface area (Å²) in [5.74, 6) is -13.3. The van der Waals surface area contributed by atoms with Crippen LogP contribution in [0.15, 0.2) is 30.3 Å². The Morgan fingerprint density at radius 1 is 0.474 bits per heavy atom. The van der Waals surface area contributed by atoms with E-state index < -0.39 is 169 Å². The van der Waals surface area contributed by atoms with Gasteiger partial charge in [0, 0.05) is 12.8 Å². The minimum absolute atomic E-state index is 0.0410. The lowest BCUT2D eigenvalue weighted by atomic mass is 9.96. The first kappa shape index (κ1) is 69.2. The van der Waals surface area contributed by atoms with Crippen molar-refractivity contribution in [2.75, 3.05) is 13.2 Å². The van der Waals surface area contributed by atoms with Gasteiger partial charge < -0.3 is 84.2 Å². The Morgan fingerprint density at radius 2 is 0.846 bits per heavy atom. The monoisotopic (exact) mass is 1110 g/mol. The molecule has 13 atom stereocenters. The summed E-state index contributed by atoms with van der Waals surface area (Å²) in [5.41, 5.74) is 6.28. The Morgan fingerprint density at radius 3 is 1.28 bits per heavy atom. The third-order valence-electron chi connectivity index (χ3n) is 12.4. The summed E-state index contributed by atoms with van der Waals surface area (Å²) >= 11 is 0. The van der Waals surface area contributed by atoms with E-state index in [4.69, 9.17) is 10.8 Å². The van der Waals surface area contributed by atoms with Crippen LogP contribution in [-0.2, 0) is 59.2 Å². The second kappa shape index (κ2) is 34.2. The number of nitrogens with one attached hydrogen (secondary N) is 9. The van der Waals surface area contributed by atoms with Crippen LogP contribution in [0.2, 0.25) is 0 Å². The summed E-state index contributed by atoms with van der Waals surface area (Å²) in [7, 11) is 0. The number of aliphatic carboxylic acids is 2. The molecule has 0 fully saturated rings. The predicted molar refractivity (Wildman–Crippen MR) is 281 cm³/mol. The van der Waals surface area contributed by atoms with Gasteiger partial charge in [-0.2, -0.15) is 0 Å². The molecule has 1 rings (SSSR count). The molecule has 0 spiro atoms. The summed E-state index contributed by atoms with van der Waals surface area (Å²) in [6, 6.07) is -7.04. The fourth-order valence-corrected chi connectivity index (χ4v) is 7.64. The van der Waals surface area contributed by atoms with Crippen molar-refractivity contribution in [3.05, 3.63) is 35.9 Å². The molecule has 0 bridgehead atoms. The maximum absolute atomic E-state index is 14.1. The number of benzene rings is 1. The highest BCUT2D eigenvalue weighted by molar-refractivity contribution is 5.99. The predicted octanol–water partition coefficient (Wildman–Crippen LogP) is -3.59. The lowest BCUT2D eigenvalue weighted by Crippen LogP contribution is -2.63. The number of nitrogens with two attached hydrogens (primary N) is 1. The average molecular weight is 1110 g/mol. The fourth-order valence-electron chi connectivity index (χ4n) is 7.64. The summed E-state index contributed by atoms with van der Waals surface area (Å²) in [5, 5.41) is 81.8. The van der Waals surface area contributed by atoms with Crippen molar-refractivity contribution in [2.45, 2.75) is 180 Å².